The van der Waals surface area contributed by atoms with Crippen molar-refractivity contribution in [1.29, 1.82) is 5.26 Å². The summed E-state index contributed by atoms with van der Waals surface area (Å²) in [5.74, 6) is 1.98. The van der Waals surface area contributed by atoms with Crippen LogP contribution < -0.4 is 10.1 Å². The van der Waals surface area contributed by atoms with Crippen LogP contribution in [-0.2, 0) is 4.79 Å². The van der Waals surface area contributed by atoms with Crippen molar-refractivity contribution in [2.75, 3.05) is 11.9 Å². The predicted molar refractivity (Wildman–Crippen MR) is 89.4 cm³/mol. The highest BCUT2D eigenvalue weighted by atomic mass is 19.1. The third-order valence-electron chi connectivity index (χ3n) is 2.98. The smallest absolute Gasteiger partial charge is 0.266 e. The van der Waals surface area contributed by atoms with Crippen molar-refractivity contribution in [3.63, 3.8) is 0 Å². The lowest BCUT2D eigenvalue weighted by Gasteiger charge is -2.05. The van der Waals surface area contributed by atoms with Crippen LogP contribution in [0.4, 0.5) is 10.1 Å². The molecule has 4 nitrogen and oxygen atoms in total. The maximum absolute atomic E-state index is 12.8. The number of terminal acetylenes is 1. The molecule has 2 aromatic rings. The fraction of sp³-hybridized carbons (Fsp3) is 0.0526. The van der Waals surface area contributed by atoms with Gasteiger partial charge >= 0.3 is 0 Å². The van der Waals surface area contributed by atoms with E-state index >= 15 is 0 Å². The first-order valence-corrected chi connectivity index (χ1v) is 6.97. The molecular formula is C19H13FN2O2. The Morgan fingerprint density at radius 1 is 1.21 bits per heavy atom. The van der Waals surface area contributed by atoms with Crippen LogP contribution in [0.15, 0.2) is 54.1 Å². The maximum atomic E-state index is 12.8. The molecule has 5 heteroatoms. The van der Waals surface area contributed by atoms with Crippen molar-refractivity contribution >= 4 is 17.7 Å². The molecule has 24 heavy (non-hydrogen) atoms. The molecule has 0 bridgehead atoms. The zero-order chi connectivity index (χ0) is 17.4. The Labute approximate surface area is 139 Å². The van der Waals surface area contributed by atoms with Gasteiger partial charge in [0.15, 0.2) is 0 Å². The van der Waals surface area contributed by atoms with Crippen LogP contribution in [0.2, 0.25) is 0 Å². The van der Waals surface area contributed by atoms with Crippen LogP contribution in [0, 0.1) is 29.5 Å². The van der Waals surface area contributed by atoms with Gasteiger partial charge in [0.05, 0.1) is 0 Å². The summed E-state index contributed by atoms with van der Waals surface area (Å²) in [6.45, 7) is 0.165. The second-order valence-corrected chi connectivity index (χ2v) is 4.69. The van der Waals surface area contributed by atoms with Crippen molar-refractivity contribution in [2.45, 2.75) is 0 Å². The standard InChI is InChI=1S/C19H13FN2O2/c1-2-11-24-18-9-3-14(4-10-18)12-15(13-21)19(23)22-17-7-5-16(20)6-8-17/h1,3-10,12H,11H2,(H,22,23)/b15-12+. The molecule has 0 aliphatic rings. The lowest BCUT2D eigenvalue weighted by Crippen LogP contribution is -2.13. The van der Waals surface area contributed by atoms with Gasteiger partial charge in [-0.25, -0.2) is 4.39 Å². The number of rotatable bonds is 5. The highest BCUT2D eigenvalue weighted by Crippen LogP contribution is 2.16. The lowest BCUT2D eigenvalue weighted by atomic mass is 10.1. The van der Waals surface area contributed by atoms with Gasteiger partial charge in [-0.1, -0.05) is 18.1 Å². The van der Waals surface area contributed by atoms with Crippen LogP contribution in [-0.4, -0.2) is 12.5 Å². The fourth-order valence-corrected chi connectivity index (χ4v) is 1.83. The Hall–Kier alpha value is -3.57. The molecule has 0 unspecified atom stereocenters. The Bertz CT molecular complexity index is 826. The zero-order valence-corrected chi connectivity index (χ0v) is 12.6. The molecule has 1 amide bonds. The first kappa shape index (κ1) is 16.8. The number of anilines is 1. The molecule has 0 aliphatic carbocycles. The molecule has 2 aromatic carbocycles. The van der Waals surface area contributed by atoms with Gasteiger partial charge in [-0.2, -0.15) is 5.26 Å². The molecule has 0 atom stereocenters. The second kappa shape index (κ2) is 8.17. The highest BCUT2D eigenvalue weighted by Gasteiger charge is 2.09. The third-order valence-corrected chi connectivity index (χ3v) is 2.98. The van der Waals surface area contributed by atoms with E-state index in [2.05, 4.69) is 11.2 Å². The number of nitriles is 1. The minimum atomic E-state index is -0.572. The summed E-state index contributed by atoms with van der Waals surface area (Å²) in [4.78, 5) is 12.1. The molecule has 0 aromatic heterocycles. The summed E-state index contributed by atoms with van der Waals surface area (Å²) < 4.78 is 18.1. The molecule has 0 heterocycles. The number of amides is 1. The number of nitrogens with zero attached hydrogens (tertiary/aromatic N) is 1. The minimum Gasteiger partial charge on any atom is -0.481 e. The SMILES string of the molecule is C#CCOc1ccc(/C=C(\C#N)C(=O)Nc2ccc(F)cc2)cc1. The van der Waals surface area contributed by atoms with Crippen molar-refractivity contribution < 1.29 is 13.9 Å². The fourth-order valence-electron chi connectivity index (χ4n) is 1.83. The first-order valence-electron chi connectivity index (χ1n) is 6.97. The van der Waals surface area contributed by atoms with Gasteiger partial charge in [0.1, 0.15) is 29.8 Å². The van der Waals surface area contributed by atoms with Gasteiger partial charge < -0.3 is 10.1 Å². The van der Waals surface area contributed by atoms with Gasteiger partial charge in [-0.05, 0) is 48.0 Å². The third kappa shape index (κ3) is 4.72. The molecule has 0 fully saturated rings. The number of nitrogens with one attached hydrogen (secondary N) is 1. The zero-order valence-electron chi connectivity index (χ0n) is 12.6. The van der Waals surface area contributed by atoms with Crippen LogP contribution in [0.1, 0.15) is 5.56 Å². The summed E-state index contributed by atoms with van der Waals surface area (Å²) in [5, 5.41) is 11.7. The highest BCUT2D eigenvalue weighted by molar-refractivity contribution is 6.09. The Morgan fingerprint density at radius 2 is 1.88 bits per heavy atom. The second-order valence-electron chi connectivity index (χ2n) is 4.69. The molecular weight excluding hydrogens is 307 g/mol. The Kier molecular flexibility index (Phi) is 5.71. The average Bonchev–Trinajstić information content (AvgIpc) is 2.60. The lowest BCUT2D eigenvalue weighted by molar-refractivity contribution is -0.112. The van der Waals surface area contributed by atoms with Crippen LogP contribution >= 0.6 is 0 Å². The Morgan fingerprint density at radius 3 is 2.46 bits per heavy atom. The van der Waals surface area contributed by atoms with E-state index in [1.165, 1.54) is 30.3 Å². The monoisotopic (exact) mass is 320 g/mol. The minimum absolute atomic E-state index is 0.0726. The summed E-state index contributed by atoms with van der Waals surface area (Å²) in [6.07, 6.45) is 6.56. The number of hydrogen-bond acceptors (Lipinski definition) is 3. The summed E-state index contributed by atoms with van der Waals surface area (Å²) in [6, 6.07) is 13.9. The molecule has 0 aliphatic heterocycles. The molecule has 0 radical (unpaired) electrons. The topological polar surface area (TPSA) is 62.1 Å². The normalized spacial score (nSPS) is 10.4. The number of hydrogen-bond donors (Lipinski definition) is 1. The van der Waals surface area contributed by atoms with E-state index in [0.29, 0.717) is 17.0 Å². The van der Waals surface area contributed by atoms with E-state index in [4.69, 9.17) is 16.4 Å². The van der Waals surface area contributed by atoms with E-state index in [1.54, 1.807) is 24.3 Å². The number of benzene rings is 2. The predicted octanol–water partition coefficient (Wildman–Crippen LogP) is 3.38. The van der Waals surface area contributed by atoms with E-state index in [-0.39, 0.29) is 12.2 Å². The molecule has 0 spiro atoms. The van der Waals surface area contributed by atoms with E-state index in [1.807, 2.05) is 6.07 Å². The van der Waals surface area contributed by atoms with Crippen molar-refractivity contribution in [3.05, 3.63) is 65.5 Å². The van der Waals surface area contributed by atoms with Gasteiger partial charge in [-0.3, -0.25) is 4.79 Å². The summed E-state index contributed by atoms with van der Waals surface area (Å²) >= 11 is 0. The van der Waals surface area contributed by atoms with Crippen molar-refractivity contribution in [1.82, 2.24) is 0 Å². The molecule has 2 rings (SSSR count). The van der Waals surface area contributed by atoms with Crippen LogP contribution in [0.3, 0.4) is 0 Å². The van der Waals surface area contributed by atoms with Crippen LogP contribution in [0.25, 0.3) is 6.08 Å². The molecule has 118 valence electrons. The van der Waals surface area contributed by atoms with Gasteiger partial charge in [-0.15, -0.1) is 6.42 Å². The number of carbonyl (C=O) groups is 1. The molecule has 0 saturated heterocycles. The van der Waals surface area contributed by atoms with Crippen molar-refractivity contribution in [3.8, 4) is 24.2 Å². The largest absolute Gasteiger partial charge is 0.481 e. The van der Waals surface area contributed by atoms with E-state index in [0.717, 1.165) is 0 Å². The summed E-state index contributed by atoms with van der Waals surface area (Å²) in [5.41, 5.74) is 0.992. The number of ether oxygens (including phenoxy) is 1. The van der Waals surface area contributed by atoms with Crippen molar-refractivity contribution in [2.24, 2.45) is 0 Å². The van der Waals surface area contributed by atoms with Crippen LogP contribution in [0.5, 0.6) is 5.75 Å². The summed E-state index contributed by atoms with van der Waals surface area (Å²) in [7, 11) is 0. The van der Waals surface area contributed by atoms with E-state index < -0.39 is 11.7 Å². The Balaban J connectivity index is 2.10. The maximum Gasteiger partial charge on any atom is 0.266 e. The van der Waals surface area contributed by atoms with Gasteiger partial charge in [0.2, 0.25) is 0 Å². The number of carbonyl (C=O) groups excluding carboxylic acids is 1. The van der Waals surface area contributed by atoms with E-state index in [9.17, 15) is 9.18 Å². The quantitative estimate of drug-likeness (QED) is 0.522. The number of halogens is 1. The molecule has 0 saturated carbocycles. The van der Waals surface area contributed by atoms with Gasteiger partial charge in [0, 0.05) is 5.69 Å². The first-order chi connectivity index (χ1) is 11.6. The average molecular weight is 320 g/mol. The molecule has 1 N–H and O–H groups in total. The van der Waals surface area contributed by atoms with Gasteiger partial charge in [0.25, 0.3) is 5.91 Å².